The summed E-state index contributed by atoms with van der Waals surface area (Å²) < 4.78 is 4.52. The van der Waals surface area contributed by atoms with Crippen LogP contribution in [-0.4, -0.2) is 36.9 Å². The number of methoxy groups -OCH3 is 1. The first kappa shape index (κ1) is 16.0. The summed E-state index contributed by atoms with van der Waals surface area (Å²) in [6.45, 7) is 3.58. The Bertz CT molecular complexity index is 635. The molecule has 1 heterocycles. The van der Waals surface area contributed by atoms with Gasteiger partial charge in [0, 0.05) is 24.6 Å². The molecule has 0 saturated heterocycles. The number of esters is 1. The van der Waals surface area contributed by atoms with Gasteiger partial charge < -0.3 is 9.57 Å². The molecule has 118 valence electrons. The van der Waals surface area contributed by atoms with Gasteiger partial charge in [-0.3, -0.25) is 14.4 Å². The van der Waals surface area contributed by atoms with E-state index >= 15 is 0 Å². The van der Waals surface area contributed by atoms with Gasteiger partial charge in [0.05, 0.1) is 18.9 Å². The van der Waals surface area contributed by atoms with E-state index in [2.05, 4.69) is 4.74 Å². The number of nitrogens with zero attached hydrogens (tertiary/aromatic N) is 1. The number of hydrogen-bond acceptors (Lipinski definition) is 5. The first-order valence-electron chi connectivity index (χ1n) is 6.98. The van der Waals surface area contributed by atoms with Gasteiger partial charge in [-0.1, -0.05) is 0 Å². The van der Waals surface area contributed by atoms with Crippen molar-refractivity contribution in [2.24, 2.45) is 0 Å². The van der Waals surface area contributed by atoms with Crippen LogP contribution in [0.15, 0.2) is 18.2 Å². The highest BCUT2D eigenvalue weighted by molar-refractivity contribution is 5.99. The zero-order valence-electron chi connectivity index (χ0n) is 13.1. The number of rotatable bonds is 4. The van der Waals surface area contributed by atoms with Crippen LogP contribution in [0.1, 0.15) is 42.6 Å². The van der Waals surface area contributed by atoms with Crippen molar-refractivity contribution in [2.75, 3.05) is 14.2 Å². The van der Waals surface area contributed by atoms with Crippen LogP contribution in [-0.2, 0) is 19.7 Å². The maximum Gasteiger partial charge on any atom is 0.305 e. The minimum absolute atomic E-state index is 0.0357. The van der Waals surface area contributed by atoms with Gasteiger partial charge in [-0.15, -0.1) is 0 Å². The highest BCUT2D eigenvalue weighted by Gasteiger charge is 2.40. The molecule has 22 heavy (non-hydrogen) atoms. The first-order chi connectivity index (χ1) is 10.3. The number of ether oxygens (including phenoxy) is 1. The van der Waals surface area contributed by atoms with Crippen molar-refractivity contribution >= 4 is 17.7 Å². The highest BCUT2D eigenvalue weighted by atomic mass is 16.7. The highest BCUT2D eigenvalue weighted by Crippen LogP contribution is 2.38. The minimum atomic E-state index is -0.777. The molecule has 0 aliphatic carbocycles. The molecule has 1 aliphatic heterocycles. The second-order valence-corrected chi connectivity index (χ2v) is 5.73. The Balaban J connectivity index is 2.28. The Morgan fingerprint density at radius 1 is 1.27 bits per heavy atom. The second kappa shape index (κ2) is 5.79. The van der Waals surface area contributed by atoms with Gasteiger partial charge in [0.15, 0.2) is 11.5 Å². The summed E-state index contributed by atoms with van der Waals surface area (Å²) in [5.41, 5.74) is 0.345. The van der Waals surface area contributed by atoms with Crippen molar-refractivity contribution in [2.45, 2.75) is 32.1 Å². The number of ketones is 1. The van der Waals surface area contributed by atoms with Gasteiger partial charge in [0.2, 0.25) is 0 Å². The summed E-state index contributed by atoms with van der Waals surface area (Å²) in [6, 6.07) is 4.98. The summed E-state index contributed by atoms with van der Waals surface area (Å²) in [6.07, 6.45) is 0.106. The molecule has 2 rings (SSSR count). The van der Waals surface area contributed by atoms with Crippen LogP contribution >= 0.6 is 0 Å². The standard InChI is InChI=1S/C16H19NO5/c1-16(2)11-9-10(12(18)6-8-14(19)21-4)5-7-13(11)22-17(3)15(16)20/h5,7,9H,6,8H2,1-4H3. The largest absolute Gasteiger partial charge is 0.469 e. The van der Waals surface area contributed by atoms with E-state index in [0.717, 1.165) is 0 Å². The number of hydrogen-bond donors (Lipinski definition) is 0. The number of benzene rings is 1. The summed E-state index contributed by atoms with van der Waals surface area (Å²) in [7, 11) is 2.84. The minimum Gasteiger partial charge on any atom is -0.469 e. The van der Waals surface area contributed by atoms with Crippen LogP contribution in [0.25, 0.3) is 0 Å². The fourth-order valence-electron chi connectivity index (χ4n) is 2.43. The van der Waals surface area contributed by atoms with Gasteiger partial charge in [-0.2, -0.15) is 5.06 Å². The fourth-order valence-corrected chi connectivity index (χ4v) is 2.43. The summed E-state index contributed by atoms with van der Waals surface area (Å²) in [4.78, 5) is 40.9. The third kappa shape index (κ3) is 2.81. The van der Waals surface area contributed by atoms with Crippen LogP contribution in [0.4, 0.5) is 0 Å². The molecule has 0 bridgehead atoms. The van der Waals surface area contributed by atoms with E-state index in [1.54, 1.807) is 39.1 Å². The van der Waals surface area contributed by atoms with Crippen molar-refractivity contribution in [3.63, 3.8) is 0 Å². The Morgan fingerprint density at radius 2 is 1.95 bits per heavy atom. The summed E-state index contributed by atoms with van der Waals surface area (Å²) >= 11 is 0. The van der Waals surface area contributed by atoms with Crippen molar-refractivity contribution in [1.29, 1.82) is 0 Å². The van der Waals surface area contributed by atoms with Crippen LogP contribution in [0.5, 0.6) is 5.75 Å². The average molecular weight is 305 g/mol. The molecule has 0 unspecified atom stereocenters. The second-order valence-electron chi connectivity index (χ2n) is 5.73. The normalized spacial score (nSPS) is 15.8. The lowest BCUT2D eigenvalue weighted by atomic mass is 9.81. The van der Waals surface area contributed by atoms with Crippen molar-refractivity contribution in [1.82, 2.24) is 5.06 Å². The molecule has 6 nitrogen and oxygen atoms in total. The smallest absolute Gasteiger partial charge is 0.305 e. The third-order valence-corrected chi connectivity index (χ3v) is 3.81. The molecular weight excluding hydrogens is 286 g/mol. The lowest BCUT2D eigenvalue weighted by Gasteiger charge is -2.36. The van der Waals surface area contributed by atoms with E-state index in [1.165, 1.54) is 12.2 Å². The van der Waals surface area contributed by atoms with Gasteiger partial charge >= 0.3 is 5.97 Å². The molecule has 0 radical (unpaired) electrons. The van der Waals surface area contributed by atoms with Crippen molar-refractivity contribution < 1.29 is 24.0 Å². The molecule has 0 aromatic heterocycles. The van der Waals surface area contributed by atoms with Crippen LogP contribution < -0.4 is 4.84 Å². The molecule has 0 fully saturated rings. The third-order valence-electron chi connectivity index (χ3n) is 3.81. The van der Waals surface area contributed by atoms with Crippen LogP contribution in [0.3, 0.4) is 0 Å². The molecule has 6 heteroatoms. The Morgan fingerprint density at radius 3 is 2.59 bits per heavy atom. The summed E-state index contributed by atoms with van der Waals surface area (Å²) in [5, 5.41) is 1.20. The maximum absolute atomic E-state index is 12.2. The molecule has 0 atom stereocenters. The van der Waals surface area contributed by atoms with E-state index in [1.807, 2.05) is 0 Å². The Labute approximate surface area is 129 Å². The van der Waals surface area contributed by atoms with Crippen molar-refractivity contribution in [3.05, 3.63) is 29.3 Å². The van der Waals surface area contributed by atoms with E-state index < -0.39 is 11.4 Å². The SMILES string of the molecule is COC(=O)CCC(=O)c1ccc2c(c1)C(C)(C)C(=O)N(C)O2. The molecule has 1 aromatic carbocycles. The van der Waals surface area contributed by atoms with Gasteiger partial charge in [-0.05, 0) is 32.0 Å². The lowest BCUT2D eigenvalue weighted by Crippen LogP contribution is -2.47. The zero-order chi connectivity index (χ0) is 16.5. The Kier molecular flexibility index (Phi) is 4.21. The average Bonchev–Trinajstić information content (AvgIpc) is 2.50. The predicted octanol–water partition coefficient (Wildman–Crippen LogP) is 1.87. The van der Waals surface area contributed by atoms with E-state index in [-0.39, 0.29) is 24.5 Å². The number of Topliss-reactive ketones (excluding diaryl/α,β-unsaturated/α-hetero) is 1. The topological polar surface area (TPSA) is 72.9 Å². The number of carbonyl (C=O) groups is 3. The van der Waals surface area contributed by atoms with Crippen LogP contribution in [0, 0.1) is 0 Å². The van der Waals surface area contributed by atoms with Crippen LogP contribution in [0.2, 0.25) is 0 Å². The number of amides is 1. The number of carbonyl (C=O) groups excluding carboxylic acids is 3. The van der Waals surface area contributed by atoms with Gasteiger partial charge in [0.1, 0.15) is 0 Å². The van der Waals surface area contributed by atoms with E-state index in [0.29, 0.717) is 16.9 Å². The quantitative estimate of drug-likeness (QED) is 0.627. The number of hydroxylamine groups is 2. The van der Waals surface area contributed by atoms with Crippen molar-refractivity contribution in [3.8, 4) is 5.75 Å². The van der Waals surface area contributed by atoms with E-state index in [9.17, 15) is 14.4 Å². The monoisotopic (exact) mass is 305 g/mol. The maximum atomic E-state index is 12.2. The molecule has 1 amide bonds. The van der Waals surface area contributed by atoms with E-state index in [4.69, 9.17) is 4.84 Å². The first-order valence-corrected chi connectivity index (χ1v) is 6.98. The lowest BCUT2D eigenvalue weighted by molar-refractivity contribution is -0.162. The Hall–Kier alpha value is -2.37. The molecule has 1 aliphatic rings. The summed E-state index contributed by atoms with van der Waals surface area (Å²) in [5.74, 6) is -0.224. The molecular formula is C16H19NO5. The molecule has 0 saturated carbocycles. The van der Waals surface area contributed by atoms with Gasteiger partial charge in [-0.25, -0.2) is 0 Å². The molecule has 0 spiro atoms. The number of likely N-dealkylation sites (N-methyl/N-ethyl adjacent to an activating group) is 1. The number of fused-ring (bicyclic) bond motifs is 1. The zero-order valence-corrected chi connectivity index (χ0v) is 13.1. The van der Waals surface area contributed by atoms with Gasteiger partial charge in [0.25, 0.3) is 5.91 Å². The molecule has 0 N–H and O–H groups in total. The fraction of sp³-hybridized carbons (Fsp3) is 0.438. The molecule has 1 aromatic rings. The predicted molar refractivity (Wildman–Crippen MR) is 78.4 cm³/mol.